The molecule has 0 aliphatic carbocycles. The molecule has 0 fully saturated rings. The first-order valence-corrected chi connectivity index (χ1v) is 15.7. The molecule has 4 aromatic carbocycles. The van der Waals surface area contributed by atoms with Crippen LogP contribution in [-0.2, 0) is 29.0 Å². The van der Waals surface area contributed by atoms with Gasteiger partial charge in [-0.3, -0.25) is 14.5 Å². The minimum Gasteiger partial charge on any atom is -0.488 e. The van der Waals surface area contributed by atoms with Crippen molar-refractivity contribution in [2.75, 3.05) is 32.1 Å². The third kappa shape index (κ3) is 8.59. The number of carbonyl (C=O) groups is 2. The van der Waals surface area contributed by atoms with Crippen LogP contribution in [0.1, 0.15) is 30.5 Å². The number of likely N-dealkylation sites (N-methyl/N-ethyl adjacent to an activating group) is 1. The number of carbonyl (C=O) groups excluding carboxylic acids is 2. The quantitative estimate of drug-likeness (QED) is 0.238. The molecule has 0 unspecified atom stereocenters. The van der Waals surface area contributed by atoms with Gasteiger partial charge in [0.2, 0.25) is 11.8 Å². The van der Waals surface area contributed by atoms with Crippen molar-refractivity contribution in [3.05, 3.63) is 120 Å². The smallest absolute Gasteiger partial charge is 0.228 e. The van der Waals surface area contributed by atoms with E-state index in [1.165, 1.54) is 16.7 Å². The van der Waals surface area contributed by atoms with Crippen molar-refractivity contribution in [3.63, 3.8) is 0 Å². The molecule has 1 heterocycles. The predicted octanol–water partition coefficient (Wildman–Crippen LogP) is 5.82. The number of rotatable bonds is 10. The lowest BCUT2D eigenvalue weighted by molar-refractivity contribution is -0.134. The Kier molecular flexibility index (Phi) is 10.7. The minimum absolute atomic E-state index is 0.00191. The minimum atomic E-state index is -0.322. The summed E-state index contributed by atoms with van der Waals surface area (Å²) < 4.78 is 6.68. The highest BCUT2D eigenvalue weighted by atomic mass is 16.5. The largest absolute Gasteiger partial charge is 0.488 e. The summed E-state index contributed by atoms with van der Waals surface area (Å²) in [6.07, 6.45) is 0.163. The summed E-state index contributed by atoms with van der Waals surface area (Å²) in [5, 5.41) is 12.9. The van der Waals surface area contributed by atoms with Gasteiger partial charge in [0.05, 0.1) is 25.5 Å². The molecule has 1 aliphatic heterocycles. The van der Waals surface area contributed by atoms with Gasteiger partial charge in [0.1, 0.15) is 11.9 Å². The SMILES string of the molecule is C[C@@H]1CN([C@@H](C)CO)C(=O)Cc2cc(NC(=O)Cc3ccccc3)ccc2O[C@@H]1CN(C)Cc1ccc(-c2ccccc2)cc1. The van der Waals surface area contributed by atoms with Gasteiger partial charge in [0, 0.05) is 36.8 Å². The number of nitrogens with zero attached hydrogens (tertiary/aromatic N) is 2. The summed E-state index contributed by atoms with van der Waals surface area (Å²) >= 11 is 0. The van der Waals surface area contributed by atoms with Gasteiger partial charge in [0.15, 0.2) is 0 Å². The van der Waals surface area contributed by atoms with Crippen LogP contribution in [-0.4, -0.2) is 65.6 Å². The highest BCUT2D eigenvalue weighted by Gasteiger charge is 2.31. The first kappa shape index (κ1) is 31.9. The Morgan fingerprint density at radius 1 is 0.956 bits per heavy atom. The molecule has 0 aromatic heterocycles. The second-order valence-corrected chi connectivity index (χ2v) is 12.2. The van der Waals surface area contributed by atoms with Crippen molar-refractivity contribution < 1.29 is 19.4 Å². The predicted molar refractivity (Wildman–Crippen MR) is 179 cm³/mol. The van der Waals surface area contributed by atoms with Crippen molar-refractivity contribution in [1.82, 2.24) is 9.80 Å². The Hall–Kier alpha value is -4.46. The first-order chi connectivity index (χ1) is 21.8. The number of nitrogens with one attached hydrogen (secondary N) is 1. The lowest BCUT2D eigenvalue weighted by Gasteiger charge is -2.34. The number of aliphatic hydroxyl groups is 1. The summed E-state index contributed by atoms with van der Waals surface area (Å²) in [6.45, 7) is 5.71. The number of hydrogen-bond acceptors (Lipinski definition) is 5. The van der Waals surface area contributed by atoms with E-state index in [1.54, 1.807) is 4.90 Å². The molecule has 2 N–H and O–H groups in total. The van der Waals surface area contributed by atoms with Crippen LogP contribution in [0.2, 0.25) is 0 Å². The van der Waals surface area contributed by atoms with Crippen molar-refractivity contribution in [2.45, 2.75) is 45.4 Å². The third-order valence-electron chi connectivity index (χ3n) is 8.41. The van der Waals surface area contributed by atoms with Crippen molar-refractivity contribution in [1.29, 1.82) is 0 Å². The Morgan fingerprint density at radius 3 is 2.31 bits per heavy atom. The van der Waals surface area contributed by atoms with Crippen LogP contribution in [0.3, 0.4) is 0 Å². The van der Waals surface area contributed by atoms with Gasteiger partial charge in [-0.15, -0.1) is 0 Å². The molecule has 0 saturated heterocycles. The van der Waals surface area contributed by atoms with Crippen LogP contribution in [0.25, 0.3) is 11.1 Å². The fourth-order valence-electron chi connectivity index (χ4n) is 5.83. The van der Waals surface area contributed by atoms with Crippen molar-refractivity contribution >= 4 is 17.5 Å². The van der Waals surface area contributed by atoms with Crippen LogP contribution in [0.4, 0.5) is 5.69 Å². The number of amides is 2. The van der Waals surface area contributed by atoms with Gasteiger partial charge >= 0.3 is 0 Å². The molecule has 0 bridgehead atoms. The van der Waals surface area contributed by atoms with Gasteiger partial charge in [-0.1, -0.05) is 91.9 Å². The topological polar surface area (TPSA) is 82.1 Å². The van der Waals surface area contributed by atoms with Crippen molar-refractivity contribution in [2.24, 2.45) is 5.92 Å². The highest BCUT2D eigenvalue weighted by Crippen LogP contribution is 2.29. The fraction of sp³-hybridized carbons (Fsp3) is 0.316. The van der Waals surface area contributed by atoms with E-state index in [2.05, 4.69) is 60.6 Å². The lowest BCUT2D eigenvalue weighted by Crippen LogP contribution is -2.47. The molecule has 2 amide bonds. The number of ether oxygens (including phenoxy) is 1. The molecular formula is C38H43N3O4. The molecule has 7 heteroatoms. The fourth-order valence-corrected chi connectivity index (χ4v) is 5.83. The van der Waals surface area contributed by atoms with E-state index in [4.69, 9.17) is 4.74 Å². The molecule has 3 atom stereocenters. The van der Waals surface area contributed by atoms with Crippen LogP contribution >= 0.6 is 0 Å². The summed E-state index contributed by atoms with van der Waals surface area (Å²) in [4.78, 5) is 30.4. The molecule has 5 rings (SSSR count). The molecular weight excluding hydrogens is 562 g/mol. The van der Waals surface area contributed by atoms with E-state index >= 15 is 0 Å². The molecule has 4 aromatic rings. The zero-order valence-electron chi connectivity index (χ0n) is 26.4. The van der Waals surface area contributed by atoms with Crippen LogP contribution in [0, 0.1) is 5.92 Å². The summed E-state index contributed by atoms with van der Waals surface area (Å²) in [6, 6.07) is 33.8. The van der Waals surface area contributed by atoms with E-state index in [1.807, 2.05) is 73.7 Å². The molecule has 45 heavy (non-hydrogen) atoms. The number of benzene rings is 4. The molecule has 234 valence electrons. The van der Waals surface area contributed by atoms with Gasteiger partial charge in [-0.25, -0.2) is 0 Å². The standard InChI is InChI=1S/C38H43N3O4/c1-27-23-41(28(2)26-42)38(44)22-33-21-34(39-37(43)20-29-10-6-4-7-11-29)18-19-35(33)45-36(27)25-40(3)24-30-14-16-32(17-15-30)31-12-8-5-9-13-31/h4-19,21,27-28,36,42H,20,22-26H2,1-3H3,(H,39,43)/t27-,28+,36-/m1/s1. The number of anilines is 1. The maximum absolute atomic E-state index is 13.6. The van der Waals surface area contributed by atoms with Gasteiger partial charge in [-0.2, -0.15) is 0 Å². The monoisotopic (exact) mass is 605 g/mol. The number of hydrogen-bond donors (Lipinski definition) is 2. The van der Waals surface area contributed by atoms with Gasteiger partial charge in [0.25, 0.3) is 0 Å². The molecule has 0 saturated carbocycles. The lowest BCUT2D eigenvalue weighted by atomic mass is 10.0. The normalized spacial score (nSPS) is 17.4. The van der Waals surface area contributed by atoms with Crippen LogP contribution in [0.15, 0.2) is 103 Å². The average Bonchev–Trinajstić information content (AvgIpc) is 3.09. The summed E-state index contributed by atoms with van der Waals surface area (Å²) in [5.41, 5.74) is 5.84. The Labute approximate surface area is 266 Å². The van der Waals surface area contributed by atoms with E-state index < -0.39 is 0 Å². The highest BCUT2D eigenvalue weighted by molar-refractivity contribution is 5.92. The zero-order valence-corrected chi connectivity index (χ0v) is 26.4. The van der Waals surface area contributed by atoms with Crippen LogP contribution in [0.5, 0.6) is 5.75 Å². The number of fused-ring (bicyclic) bond motifs is 1. The van der Waals surface area contributed by atoms with E-state index in [-0.39, 0.29) is 49.3 Å². The molecule has 0 radical (unpaired) electrons. The second-order valence-electron chi connectivity index (χ2n) is 12.2. The average molecular weight is 606 g/mol. The third-order valence-corrected chi connectivity index (χ3v) is 8.41. The van der Waals surface area contributed by atoms with Crippen molar-refractivity contribution in [3.8, 4) is 16.9 Å². The second kappa shape index (κ2) is 15.0. The Bertz CT molecular complexity index is 1560. The molecule has 1 aliphatic rings. The number of aliphatic hydroxyl groups excluding tert-OH is 1. The van der Waals surface area contributed by atoms with E-state index in [0.29, 0.717) is 30.1 Å². The molecule has 0 spiro atoms. The Morgan fingerprint density at radius 2 is 1.62 bits per heavy atom. The van der Waals surface area contributed by atoms with Gasteiger partial charge in [-0.05, 0) is 54.4 Å². The summed E-state index contributed by atoms with van der Waals surface area (Å²) in [5.74, 6) is 0.438. The van der Waals surface area contributed by atoms with E-state index in [9.17, 15) is 14.7 Å². The van der Waals surface area contributed by atoms with E-state index in [0.717, 1.165) is 12.1 Å². The molecule has 7 nitrogen and oxygen atoms in total. The van der Waals surface area contributed by atoms with Gasteiger partial charge < -0.3 is 20.1 Å². The first-order valence-electron chi connectivity index (χ1n) is 15.7. The maximum atomic E-state index is 13.6. The van der Waals surface area contributed by atoms with Crippen LogP contribution < -0.4 is 10.1 Å². The Balaban J connectivity index is 1.33. The maximum Gasteiger partial charge on any atom is 0.228 e. The summed E-state index contributed by atoms with van der Waals surface area (Å²) in [7, 11) is 2.08. The zero-order chi connectivity index (χ0) is 31.8.